The van der Waals surface area contributed by atoms with Crippen LogP contribution in [0.15, 0.2) is 88.7 Å². The lowest BCUT2D eigenvalue weighted by Gasteiger charge is -2.25. The molecular weight excluding hydrogens is 444 g/mol. The van der Waals surface area contributed by atoms with Gasteiger partial charge in [-0.05, 0) is 80.2 Å². The SMILES string of the molecule is c1ccc2c([S+](c3ccc(OCC4CCCCC4)c4ccccc34)C3CCCCC3)cccc2c1. The topological polar surface area (TPSA) is 9.23 Å². The summed E-state index contributed by atoms with van der Waals surface area (Å²) in [4.78, 5) is 3.03. The smallest absolute Gasteiger partial charge is 0.169 e. The molecule has 0 radical (unpaired) electrons. The van der Waals surface area contributed by atoms with Crippen molar-refractivity contribution in [2.45, 2.75) is 79.2 Å². The quantitative estimate of drug-likeness (QED) is 0.249. The van der Waals surface area contributed by atoms with E-state index in [9.17, 15) is 0 Å². The third-order valence-electron chi connectivity index (χ3n) is 8.15. The van der Waals surface area contributed by atoms with E-state index in [4.69, 9.17) is 4.74 Å². The van der Waals surface area contributed by atoms with Gasteiger partial charge in [-0.2, -0.15) is 0 Å². The minimum absolute atomic E-state index is 0.0411. The molecule has 0 amide bonds. The molecule has 1 nitrogen and oxygen atoms in total. The van der Waals surface area contributed by atoms with E-state index in [2.05, 4.69) is 78.9 Å². The van der Waals surface area contributed by atoms with Gasteiger partial charge in [-0.15, -0.1) is 0 Å². The molecule has 0 heterocycles. The number of hydrogen-bond acceptors (Lipinski definition) is 1. The fraction of sp³-hybridized carbons (Fsp3) is 0.394. The average Bonchev–Trinajstić information content (AvgIpc) is 2.94. The summed E-state index contributed by atoms with van der Waals surface area (Å²) in [5.74, 6) is 1.79. The molecule has 1 unspecified atom stereocenters. The molecule has 180 valence electrons. The first kappa shape index (κ1) is 23.0. The summed E-state index contributed by atoms with van der Waals surface area (Å²) >= 11 is 0. The van der Waals surface area contributed by atoms with Crippen molar-refractivity contribution in [3.63, 3.8) is 0 Å². The molecule has 0 N–H and O–H groups in total. The minimum atomic E-state index is 0.0411. The number of hydrogen-bond donors (Lipinski definition) is 0. The van der Waals surface area contributed by atoms with Gasteiger partial charge in [0.2, 0.25) is 0 Å². The zero-order chi connectivity index (χ0) is 23.5. The minimum Gasteiger partial charge on any atom is -0.493 e. The molecule has 0 spiro atoms. The highest BCUT2D eigenvalue weighted by Gasteiger charge is 2.39. The van der Waals surface area contributed by atoms with Crippen molar-refractivity contribution in [1.29, 1.82) is 0 Å². The van der Waals surface area contributed by atoms with Gasteiger partial charge in [-0.3, -0.25) is 0 Å². The van der Waals surface area contributed by atoms with Crippen LogP contribution in [0.2, 0.25) is 0 Å². The van der Waals surface area contributed by atoms with Crippen LogP contribution in [0, 0.1) is 5.92 Å². The van der Waals surface area contributed by atoms with Gasteiger partial charge in [0.25, 0.3) is 0 Å². The Bertz CT molecular complexity index is 1280. The third kappa shape index (κ3) is 4.83. The fourth-order valence-electron chi connectivity index (χ4n) is 6.29. The second kappa shape index (κ2) is 10.7. The lowest BCUT2D eigenvalue weighted by atomic mass is 9.90. The number of fused-ring (bicyclic) bond motifs is 2. The van der Waals surface area contributed by atoms with Gasteiger partial charge >= 0.3 is 0 Å². The van der Waals surface area contributed by atoms with E-state index in [-0.39, 0.29) is 10.9 Å². The van der Waals surface area contributed by atoms with Crippen molar-refractivity contribution in [3.05, 3.63) is 78.9 Å². The van der Waals surface area contributed by atoms with Crippen molar-refractivity contribution in [2.75, 3.05) is 6.61 Å². The van der Waals surface area contributed by atoms with Crippen LogP contribution in [-0.2, 0) is 10.9 Å². The van der Waals surface area contributed by atoms with Gasteiger partial charge < -0.3 is 4.74 Å². The van der Waals surface area contributed by atoms with Crippen LogP contribution in [0.25, 0.3) is 21.5 Å². The summed E-state index contributed by atoms with van der Waals surface area (Å²) in [6, 6.07) is 29.6. The highest BCUT2D eigenvalue weighted by Crippen LogP contribution is 2.42. The fourth-order valence-corrected chi connectivity index (χ4v) is 9.33. The third-order valence-corrected chi connectivity index (χ3v) is 11.0. The summed E-state index contributed by atoms with van der Waals surface area (Å²) in [6.07, 6.45) is 13.5. The van der Waals surface area contributed by atoms with Crippen LogP contribution in [0.4, 0.5) is 0 Å². The Labute approximate surface area is 213 Å². The second-order valence-electron chi connectivity index (χ2n) is 10.5. The van der Waals surface area contributed by atoms with Crippen LogP contribution < -0.4 is 4.74 Å². The van der Waals surface area contributed by atoms with Gasteiger partial charge in [0.1, 0.15) is 11.0 Å². The largest absolute Gasteiger partial charge is 0.493 e. The van der Waals surface area contributed by atoms with E-state index in [0.717, 1.165) is 18.3 Å². The Morgan fingerprint density at radius 2 is 1.20 bits per heavy atom. The highest BCUT2D eigenvalue weighted by atomic mass is 32.2. The molecule has 2 aliphatic rings. The molecule has 4 aromatic rings. The number of benzene rings is 4. The van der Waals surface area contributed by atoms with Crippen molar-refractivity contribution in [3.8, 4) is 5.75 Å². The molecule has 1 atom stereocenters. The predicted molar refractivity (Wildman–Crippen MR) is 151 cm³/mol. The molecule has 2 fully saturated rings. The van der Waals surface area contributed by atoms with Crippen LogP contribution in [0.1, 0.15) is 64.2 Å². The average molecular weight is 482 g/mol. The molecule has 35 heavy (non-hydrogen) atoms. The molecule has 4 aromatic carbocycles. The lowest BCUT2D eigenvalue weighted by molar-refractivity contribution is 0.210. The van der Waals surface area contributed by atoms with E-state index in [1.807, 2.05) is 0 Å². The Morgan fingerprint density at radius 1 is 0.571 bits per heavy atom. The maximum atomic E-state index is 6.52. The van der Waals surface area contributed by atoms with Gasteiger partial charge in [-0.25, -0.2) is 0 Å². The first-order valence-corrected chi connectivity index (χ1v) is 15.0. The van der Waals surface area contributed by atoms with Crippen LogP contribution in [0.3, 0.4) is 0 Å². The van der Waals surface area contributed by atoms with Crippen LogP contribution >= 0.6 is 0 Å². The van der Waals surface area contributed by atoms with Gasteiger partial charge in [0.15, 0.2) is 9.79 Å². The van der Waals surface area contributed by atoms with Crippen molar-refractivity contribution >= 4 is 32.4 Å². The standard InChI is InChI=1S/C33H37OS/c1-3-12-25(13-4-1)24-34-31-22-23-33(30-20-10-9-19-29(30)31)35(27-16-5-2-6-17-27)32-21-11-15-26-14-7-8-18-28(26)32/h7-11,14-15,18-23,25,27H,1-6,12-13,16-17,24H2/q+1. The van der Waals surface area contributed by atoms with Crippen LogP contribution in [-0.4, -0.2) is 11.9 Å². The van der Waals surface area contributed by atoms with Crippen molar-refractivity contribution < 1.29 is 4.74 Å². The Balaban J connectivity index is 1.44. The zero-order valence-corrected chi connectivity index (χ0v) is 21.6. The maximum Gasteiger partial charge on any atom is 0.169 e. The Hall–Kier alpha value is -2.45. The number of rotatable bonds is 6. The molecular formula is C33H37OS+. The van der Waals surface area contributed by atoms with Crippen molar-refractivity contribution in [1.82, 2.24) is 0 Å². The molecule has 0 aromatic heterocycles. The maximum absolute atomic E-state index is 6.52. The summed E-state index contributed by atoms with van der Waals surface area (Å²) in [5.41, 5.74) is 0. The van der Waals surface area contributed by atoms with Crippen LogP contribution in [0.5, 0.6) is 5.75 Å². The van der Waals surface area contributed by atoms with Gasteiger partial charge in [0, 0.05) is 16.2 Å². The first-order valence-electron chi connectivity index (χ1n) is 13.7. The summed E-state index contributed by atoms with van der Waals surface area (Å²) in [5, 5.41) is 6.16. The highest BCUT2D eigenvalue weighted by molar-refractivity contribution is 7.98. The van der Waals surface area contributed by atoms with E-state index in [0.29, 0.717) is 5.25 Å². The molecule has 0 bridgehead atoms. The number of ether oxygens (including phenoxy) is 1. The predicted octanol–water partition coefficient (Wildman–Crippen LogP) is 9.32. The van der Waals surface area contributed by atoms with E-state index >= 15 is 0 Å². The Morgan fingerprint density at radius 3 is 2.00 bits per heavy atom. The molecule has 2 aliphatic carbocycles. The summed E-state index contributed by atoms with van der Waals surface area (Å²) in [6.45, 7) is 0.862. The van der Waals surface area contributed by atoms with E-state index < -0.39 is 0 Å². The zero-order valence-electron chi connectivity index (χ0n) is 20.8. The Kier molecular flexibility index (Phi) is 7.00. The molecule has 2 heteroatoms. The van der Waals surface area contributed by atoms with Gasteiger partial charge in [-0.1, -0.05) is 74.2 Å². The molecule has 6 rings (SSSR count). The molecule has 0 aliphatic heterocycles. The molecule has 0 saturated heterocycles. The van der Waals surface area contributed by atoms with E-state index in [1.165, 1.54) is 95.5 Å². The summed E-state index contributed by atoms with van der Waals surface area (Å²) < 4.78 is 6.52. The van der Waals surface area contributed by atoms with Crippen molar-refractivity contribution in [2.24, 2.45) is 5.92 Å². The monoisotopic (exact) mass is 481 g/mol. The normalized spacial score (nSPS) is 18.6. The summed E-state index contributed by atoms with van der Waals surface area (Å²) in [7, 11) is 0.0411. The second-order valence-corrected chi connectivity index (χ2v) is 12.7. The molecule has 2 saturated carbocycles. The van der Waals surface area contributed by atoms with Gasteiger partial charge in [0.05, 0.1) is 17.5 Å². The van der Waals surface area contributed by atoms with E-state index in [1.54, 1.807) is 0 Å². The lowest BCUT2D eigenvalue weighted by Crippen LogP contribution is -2.25. The first-order chi connectivity index (χ1) is 17.4.